The minimum atomic E-state index is 0.153. The molecule has 0 atom stereocenters. The van der Waals surface area contributed by atoms with Crippen LogP contribution in [0, 0.1) is 0 Å². The van der Waals surface area contributed by atoms with Gasteiger partial charge in [-0.25, -0.2) is 16.7 Å². The van der Waals surface area contributed by atoms with Gasteiger partial charge in [0.2, 0.25) is 6.34 Å². The summed E-state index contributed by atoms with van der Waals surface area (Å²) < 4.78 is 0.153. The van der Waals surface area contributed by atoms with Crippen molar-refractivity contribution < 1.29 is 4.70 Å². The number of hydrogen-bond acceptors (Lipinski definition) is 5. The normalized spacial score (nSPS) is 22.9. The summed E-state index contributed by atoms with van der Waals surface area (Å²) in [5.41, 5.74) is 4.96. The minimum Gasteiger partial charge on any atom is -0.232 e. The van der Waals surface area contributed by atoms with E-state index in [0.717, 1.165) is 13.1 Å². The van der Waals surface area contributed by atoms with Crippen LogP contribution in [0.2, 0.25) is 0 Å². The van der Waals surface area contributed by atoms with E-state index in [1.807, 2.05) is 0 Å². The molecule has 0 saturated carbocycles. The SMILES string of the molecule is NN[N+]1(NN)C=NCC1. The molecule has 9 heavy (non-hydrogen) atoms. The van der Waals surface area contributed by atoms with Crippen molar-refractivity contribution in [1.82, 2.24) is 11.1 Å². The Balaban J connectivity index is 2.57. The van der Waals surface area contributed by atoms with E-state index in [1.54, 1.807) is 6.34 Å². The molecule has 1 heterocycles. The molecule has 0 fully saturated rings. The van der Waals surface area contributed by atoms with Gasteiger partial charge in [0, 0.05) is 0 Å². The predicted octanol–water partition coefficient (Wildman–Crippen LogP) is -2.40. The summed E-state index contributed by atoms with van der Waals surface area (Å²) in [6.45, 7) is 1.49. The second kappa shape index (κ2) is 2.38. The lowest BCUT2D eigenvalue weighted by atomic mass is 10.7. The Labute approximate surface area is 53.0 Å². The van der Waals surface area contributed by atoms with E-state index in [4.69, 9.17) is 11.7 Å². The van der Waals surface area contributed by atoms with Crippen LogP contribution in [0.3, 0.4) is 0 Å². The second-order valence-electron chi connectivity index (χ2n) is 1.87. The average molecular weight is 131 g/mol. The first-order valence-corrected chi connectivity index (χ1v) is 2.67. The molecule has 1 aliphatic rings. The van der Waals surface area contributed by atoms with Crippen molar-refractivity contribution in [3.05, 3.63) is 0 Å². The van der Waals surface area contributed by atoms with Crippen LogP contribution in [0.25, 0.3) is 0 Å². The molecule has 0 radical (unpaired) electrons. The lowest BCUT2D eigenvalue weighted by Gasteiger charge is -2.23. The van der Waals surface area contributed by atoms with Crippen molar-refractivity contribution in [2.75, 3.05) is 13.1 Å². The zero-order chi connectivity index (χ0) is 6.74. The van der Waals surface area contributed by atoms with E-state index in [0.29, 0.717) is 0 Å². The van der Waals surface area contributed by atoms with Crippen LogP contribution in [-0.2, 0) is 0 Å². The second-order valence-corrected chi connectivity index (χ2v) is 1.87. The van der Waals surface area contributed by atoms with Gasteiger partial charge in [-0.1, -0.05) is 11.1 Å². The molecule has 0 aromatic rings. The highest BCUT2D eigenvalue weighted by molar-refractivity contribution is 5.47. The molecule has 1 rings (SSSR count). The predicted molar refractivity (Wildman–Crippen MR) is 33.1 cm³/mol. The Bertz CT molecular complexity index is 115. The molecule has 0 aromatic heterocycles. The lowest BCUT2D eigenvalue weighted by Crippen LogP contribution is -2.69. The molecule has 0 amide bonds. The highest BCUT2D eigenvalue weighted by Gasteiger charge is 2.27. The number of aliphatic imine (C=N–C) groups is 1. The van der Waals surface area contributed by atoms with Crippen LogP contribution in [0.1, 0.15) is 0 Å². The van der Waals surface area contributed by atoms with Gasteiger partial charge in [0.1, 0.15) is 6.54 Å². The molecule has 6 nitrogen and oxygen atoms in total. The topological polar surface area (TPSA) is 88.5 Å². The minimum absolute atomic E-state index is 0.153. The van der Waals surface area contributed by atoms with Crippen molar-refractivity contribution in [3.63, 3.8) is 0 Å². The summed E-state index contributed by atoms with van der Waals surface area (Å²) in [4.78, 5) is 3.94. The summed E-state index contributed by atoms with van der Waals surface area (Å²) in [5, 5.41) is 0. The average Bonchev–Trinajstić information content (AvgIpc) is 2.36. The highest BCUT2D eigenvalue weighted by Crippen LogP contribution is 1.95. The molecule has 6 N–H and O–H groups in total. The number of quaternary nitrogens is 1. The highest BCUT2D eigenvalue weighted by atomic mass is 16.0. The quantitative estimate of drug-likeness (QED) is 0.191. The van der Waals surface area contributed by atoms with E-state index in [9.17, 15) is 0 Å². The Morgan fingerprint density at radius 1 is 1.44 bits per heavy atom. The van der Waals surface area contributed by atoms with Gasteiger partial charge in [0.15, 0.2) is 0 Å². The molecule has 0 spiro atoms. The van der Waals surface area contributed by atoms with Gasteiger partial charge in [0.05, 0.1) is 6.54 Å². The number of hydrazine groups is 2. The largest absolute Gasteiger partial charge is 0.232 e. The zero-order valence-electron chi connectivity index (χ0n) is 5.04. The fraction of sp³-hybridized carbons (Fsp3) is 0.667. The van der Waals surface area contributed by atoms with Crippen LogP contribution in [0.5, 0.6) is 0 Å². The maximum Gasteiger partial charge on any atom is 0.227 e. The molecule has 0 bridgehead atoms. The Morgan fingerprint density at radius 2 is 2.11 bits per heavy atom. The Morgan fingerprint density at radius 3 is 2.33 bits per heavy atom. The summed E-state index contributed by atoms with van der Waals surface area (Å²) >= 11 is 0. The third-order valence-electron chi connectivity index (χ3n) is 1.32. The number of nitrogens with two attached hydrogens (primary N) is 2. The lowest BCUT2D eigenvalue weighted by molar-refractivity contribution is -0.921. The van der Waals surface area contributed by atoms with Crippen LogP contribution in [-0.4, -0.2) is 24.1 Å². The van der Waals surface area contributed by atoms with Gasteiger partial charge in [-0.05, 0) is 0 Å². The van der Waals surface area contributed by atoms with Gasteiger partial charge >= 0.3 is 0 Å². The molecule has 0 saturated heterocycles. The van der Waals surface area contributed by atoms with Crippen LogP contribution in [0.4, 0.5) is 0 Å². The van der Waals surface area contributed by atoms with Gasteiger partial charge in [0.25, 0.3) is 0 Å². The summed E-state index contributed by atoms with van der Waals surface area (Å²) in [6, 6.07) is 0. The van der Waals surface area contributed by atoms with Gasteiger partial charge < -0.3 is 0 Å². The first-order chi connectivity index (χ1) is 4.33. The van der Waals surface area contributed by atoms with Gasteiger partial charge in [-0.15, -0.1) is 4.70 Å². The number of rotatable bonds is 2. The van der Waals surface area contributed by atoms with E-state index >= 15 is 0 Å². The fourth-order valence-corrected chi connectivity index (χ4v) is 0.703. The van der Waals surface area contributed by atoms with E-state index in [1.165, 1.54) is 0 Å². The third kappa shape index (κ3) is 1.07. The van der Waals surface area contributed by atoms with Gasteiger partial charge in [-0.2, -0.15) is 0 Å². The van der Waals surface area contributed by atoms with E-state index in [-0.39, 0.29) is 4.70 Å². The number of nitrogens with one attached hydrogen (secondary N) is 2. The standard InChI is InChI=1S/C3H11N6/c4-7-9(8-5)2-1-6-3-9/h3,7-8H,1-2,4-5H2/q+1. The van der Waals surface area contributed by atoms with Crippen molar-refractivity contribution in [3.8, 4) is 0 Å². The summed E-state index contributed by atoms with van der Waals surface area (Å²) in [6.07, 6.45) is 1.62. The summed E-state index contributed by atoms with van der Waals surface area (Å²) in [5.74, 6) is 10.3. The maximum absolute atomic E-state index is 5.17. The number of hydrogen-bond donors (Lipinski definition) is 4. The van der Waals surface area contributed by atoms with Crippen molar-refractivity contribution >= 4 is 6.34 Å². The van der Waals surface area contributed by atoms with Gasteiger partial charge in [-0.3, -0.25) is 0 Å². The van der Waals surface area contributed by atoms with Crippen LogP contribution < -0.4 is 22.8 Å². The van der Waals surface area contributed by atoms with Crippen LogP contribution in [0.15, 0.2) is 4.99 Å². The van der Waals surface area contributed by atoms with E-state index in [2.05, 4.69) is 16.1 Å². The van der Waals surface area contributed by atoms with Crippen LogP contribution >= 0.6 is 0 Å². The molecule has 52 valence electrons. The number of nitrogens with zero attached hydrogens (tertiary/aromatic N) is 2. The fourth-order valence-electron chi connectivity index (χ4n) is 0.703. The first-order valence-electron chi connectivity index (χ1n) is 2.67. The Hall–Kier alpha value is -0.530. The third-order valence-corrected chi connectivity index (χ3v) is 1.32. The first kappa shape index (κ1) is 6.59. The smallest absolute Gasteiger partial charge is 0.227 e. The van der Waals surface area contributed by atoms with Crippen molar-refractivity contribution in [2.45, 2.75) is 0 Å². The molecule has 1 aliphatic heterocycles. The molecular weight excluding hydrogens is 120 g/mol. The molecule has 0 unspecified atom stereocenters. The molecule has 0 aliphatic carbocycles. The summed E-state index contributed by atoms with van der Waals surface area (Å²) in [7, 11) is 0. The maximum atomic E-state index is 5.17. The zero-order valence-corrected chi connectivity index (χ0v) is 5.04. The monoisotopic (exact) mass is 131 g/mol. The Kier molecular flexibility index (Phi) is 1.74. The van der Waals surface area contributed by atoms with Crippen molar-refractivity contribution in [2.24, 2.45) is 16.7 Å². The molecule has 0 aromatic carbocycles. The molecular formula is C3H11N6+. The van der Waals surface area contributed by atoms with E-state index < -0.39 is 0 Å². The molecule has 6 heteroatoms. The van der Waals surface area contributed by atoms with Crippen molar-refractivity contribution in [1.29, 1.82) is 0 Å².